The number of carbonyl (C=O) groups is 2. The number of hydrogen-bond acceptors (Lipinski definition) is 5. The molecular weight excluding hydrogens is 358 g/mol. The smallest absolute Gasteiger partial charge is 0.238 e. The Balaban J connectivity index is 1.95. The van der Waals surface area contributed by atoms with Crippen molar-refractivity contribution in [3.63, 3.8) is 0 Å². The highest BCUT2D eigenvalue weighted by atomic mass is 16.5. The average molecular weight is 385 g/mol. The van der Waals surface area contributed by atoms with Crippen molar-refractivity contribution in [2.45, 2.75) is 13.8 Å². The maximum absolute atomic E-state index is 12.4. The molecule has 2 amide bonds. The summed E-state index contributed by atoms with van der Waals surface area (Å²) in [5.74, 6) is 0.752. The van der Waals surface area contributed by atoms with Crippen LogP contribution in [0, 0.1) is 6.92 Å². The second kappa shape index (κ2) is 10.3. The summed E-state index contributed by atoms with van der Waals surface area (Å²) in [4.78, 5) is 26.6. The van der Waals surface area contributed by atoms with Gasteiger partial charge in [0.15, 0.2) is 0 Å². The van der Waals surface area contributed by atoms with Gasteiger partial charge in [0.05, 0.1) is 38.7 Å². The van der Waals surface area contributed by atoms with E-state index >= 15 is 0 Å². The van der Waals surface area contributed by atoms with Crippen molar-refractivity contribution in [1.29, 1.82) is 0 Å². The molecule has 2 aromatic carbocycles. The third-order valence-corrected chi connectivity index (χ3v) is 4.19. The number of para-hydroxylation sites is 2. The highest BCUT2D eigenvalue weighted by molar-refractivity contribution is 5.96. The van der Waals surface area contributed by atoms with Gasteiger partial charge in [-0.05, 0) is 43.3 Å². The molecule has 2 N–H and O–H groups in total. The molecule has 2 aromatic rings. The average Bonchev–Trinajstić information content (AvgIpc) is 2.68. The van der Waals surface area contributed by atoms with E-state index in [-0.39, 0.29) is 24.9 Å². The molecule has 0 saturated carbocycles. The van der Waals surface area contributed by atoms with Gasteiger partial charge in [-0.3, -0.25) is 14.5 Å². The van der Waals surface area contributed by atoms with Gasteiger partial charge in [-0.15, -0.1) is 0 Å². The Labute approximate surface area is 165 Å². The minimum Gasteiger partial charge on any atom is -0.495 e. The lowest BCUT2D eigenvalue weighted by Gasteiger charge is -2.20. The van der Waals surface area contributed by atoms with Crippen molar-refractivity contribution in [1.82, 2.24) is 4.90 Å². The van der Waals surface area contributed by atoms with Crippen LogP contribution in [0.3, 0.4) is 0 Å². The van der Waals surface area contributed by atoms with E-state index < -0.39 is 0 Å². The van der Waals surface area contributed by atoms with E-state index in [1.54, 1.807) is 31.3 Å². The Morgan fingerprint density at radius 2 is 1.46 bits per heavy atom. The Bertz CT molecular complexity index is 823. The number of likely N-dealkylation sites (N-methyl/N-ethyl adjacent to an activating group) is 1. The molecule has 0 aliphatic rings. The number of benzene rings is 2. The van der Waals surface area contributed by atoms with E-state index in [9.17, 15) is 9.59 Å². The number of anilines is 2. The van der Waals surface area contributed by atoms with Gasteiger partial charge in [0.2, 0.25) is 11.8 Å². The standard InChI is InChI=1S/C21H27N3O4/c1-5-24(13-20(25)22-16-8-6-7-9-18(16)27-3)14-21(26)23-17-12-15(2)10-11-19(17)28-4/h6-12H,5,13-14H2,1-4H3,(H,22,25)(H,23,26). The summed E-state index contributed by atoms with van der Waals surface area (Å²) in [7, 11) is 3.11. The van der Waals surface area contributed by atoms with Crippen LogP contribution >= 0.6 is 0 Å². The van der Waals surface area contributed by atoms with Crippen LogP contribution in [0.5, 0.6) is 11.5 Å². The molecule has 7 heteroatoms. The lowest BCUT2D eigenvalue weighted by Crippen LogP contribution is -2.38. The van der Waals surface area contributed by atoms with Crippen LogP contribution in [0.4, 0.5) is 11.4 Å². The molecule has 0 bridgehead atoms. The van der Waals surface area contributed by atoms with Crippen molar-refractivity contribution >= 4 is 23.2 Å². The Morgan fingerprint density at radius 1 is 0.893 bits per heavy atom. The summed E-state index contributed by atoms with van der Waals surface area (Å²) in [5.41, 5.74) is 2.22. The van der Waals surface area contributed by atoms with E-state index in [1.165, 1.54) is 0 Å². The van der Waals surface area contributed by atoms with Crippen molar-refractivity contribution in [3.05, 3.63) is 48.0 Å². The highest BCUT2D eigenvalue weighted by Crippen LogP contribution is 2.25. The zero-order valence-electron chi connectivity index (χ0n) is 16.7. The van der Waals surface area contributed by atoms with Crippen LogP contribution in [0.25, 0.3) is 0 Å². The van der Waals surface area contributed by atoms with Gasteiger partial charge in [-0.1, -0.05) is 25.1 Å². The first-order valence-electron chi connectivity index (χ1n) is 9.06. The number of methoxy groups -OCH3 is 2. The zero-order chi connectivity index (χ0) is 20.5. The fourth-order valence-electron chi connectivity index (χ4n) is 2.73. The van der Waals surface area contributed by atoms with Gasteiger partial charge in [-0.25, -0.2) is 0 Å². The highest BCUT2D eigenvalue weighted by Gasteiger charge is 2.16. The van der Waals surface area contributed by atoms with Crippen LogP contribution in [0.15, 0.2) is 42.5 Å². The molecule has 0 aromatic heterocycles. The van der Waals surface area contributed by atoms with Gasteiger partial charge in [0, 0.05) is 0 Å². The molecule has 0 fully saturated rings. The SMILES string of the molecule is CCN(CC(=O)Nc1ccccc1OC)CC(=O)Nc1cc(C)ccc1OC. The molecule has 0 atom stereocenters. The van der Waals surface area contributed by atoms with Crippen LogP contribution < -0.4 is 20.1 Å². The summed E-state index contributed by atoms with van der Waals surface area (Å²) in [6.07, 6.45) is 0. The number of amides is 2. The lowest BCUT2D eigenvalue weighted by atomic mass is 10.2. The van der Waals surface area contributed by atoms with E-state index in [0.29, 0.717) is 29.4 Å². The number of carbonyl (C=O) groups excluding carboxylic acids is 2. The van der Waals surface area contributed by atoms with E-state index in [1.807, 2.05) is 44.2 Å². The number of hydrogen-bond donors (Lipinski definition) is 2. The third-order valence-electron chi connectivity index (χ3n) is 4.19. The van der Waals surface area contributed by atoms with E-state index in [4.69, 9.17) is 9.47 Å². The quantitative estimate of drug-likeness (QED) is 0.694. The summed E-state index contributed by atoms with van der Waals surface area (Å²) < 4.78 is 10.5. The number of aryl methyl sites for hydroxylation is 1. The van der Waals surface area contributed by atoms with E-state index in [2.05, 4.69) is 10.6 Å². The van der Waals surface area contributed by atoms with Gasteiger partial charge in [0.25, 0.3) is 0 Å². The molecule has 2 rings (SSSR count). The normalized spacial score (nSPS) is 10.5. The van der Waals surface area contributed by atoms with Gasteiger partial charge >= 0.3 is 0 Å². The van der Waals surface area contributed by atoms with Crippen molar-refractivity contribution in [3.8, 4) is 11.5 Å². The summed E-state index contributed by atoms with van der Waals surface area (Å²) >= 11 is 0. The maximum atomic E-state index is 12.4. The maximum Gasteiger partial charge on any atom is 0.238 e. The second-order valence-corrected chi connectivity index (χ2v) is 6.30. The van der Waals surface area contributed by atoms with Gasteiger partial charge in [0.1, 0.15) is 11.5 Å². The topological polar surface area (TPSA) is 79.9 Å². The van der Waals surface area contributed by atoms with E-state index in [0.717, 1.165) is 5.56 Å². The Hall–Kier alpha value is -3.06. The minimum absolute atomic E-state index is 0.0902. The molecule has 0 spiro atoms. The molecule has 0 saturated heterocycles. The second-order valence-electron chi connectivity index (χ2n) is 6.30. The monoisotopic (exact) mass is 385 g/mol. The van der Waals surface area contributed by atoms with Crippen LogP contribution in [0.1, 0.15) is 12.5 Å². The van der Waals surface area contributed by atoms with Crippen molar-refractivity contribution in [2.75, 3.05) is 44.5 Å². The molecule has 0 radical (unpaired) electrons. The fraction of sp³-hybridized carbons (Fsp3) is 0.333. The predicted molar refractivity (Wildman–Crippen MR) is 110 cm³/mol. The minimum atomic E-state index is -0.215. The molecular formula is C21H27N3O4. The van der Waals surface area contributed by atoms with Crippen molar-refractivity contribution in [2.24, 2.45) is 0 Å². The first-order valence-corrected chi connectivity index (χ1v) is 9.06. The molecule has 0 unspecified atom stereocenters. The van der Waals surface area contributed by atoms with Crippen LogP contribution in [-0.2, 0) is 9.59 Å². The van der Waals surface area contributed by atoms with Crippen LogP contribution in [-0.4, -0.2) is 50.6 Å². The molecule has 28 heavy (non-hydrogen) atoms. The zero-order valence-corrected chi connectivity index (χ0v) is 16.7. The predicted octanol–water partition coefficient (Wildman–Crippen LogP) is 2.91. The van der Waals surface area contributed by atoms with Gasteiger partial charge < -0.3 is 20.1 Å². The molecule has 150 valence electrons. The Kier molecular flexibility index (Phi) is 7.83. The molecule has 0 heterocycles. The molecule has 0 aliphatic carbocycles. The summed E-state index contributed by atoms with van der Waals surface area (Å²) in [5, 5.41) is 5.67. The lowest BCUT2D eigenvalue weighted by molar-refractivity contribution is -0.119. The van der Waals surface area contributed by atoms with Crippen molar-refractivity contribution < 1.29 is 19.1 Å². The molecule has 7 nitrogen and oxygen atoms in total. The third kappa shape index (κ3) is 5.99. The number of nitrogens with zero attached hydrogens (tertiary/aromatic N) is 1. The van der Waals surface area contributed by atoms with Crippen LogP contribution in [0.2, 0.25) is 0 Å². The largest absolute Gasteiger partial charge is 0.495 e. The first kappa shape index (κ1) is 21.2. The summed E-state index contributed by atoms with van der Waals surface area (Å²) in [6.45, 7) is 4.57. The number of ether oxygens (including phenoxy) is 2. The molecule has 0 aliphatic heterocycles. The van der Waals surface area contributed by atoms with Gasteiger partial charge in [-0.2, -0.15) is 0 Å². The Morgan fingerprint density at radius 3 is 2.07 bits per heavy atom. The number of nitrogens with one attached hydrogen (secondary N) is 2. The summed E-state index contributed by atoms with van der Waals surface area (Å²) in [6, 6.07) is 12.8. The number of rotatable bonds is 9. The first-order chi connectivity index (χ1) is 13.5. The fourth-order valence-corrected chi connectivity index (χ4v) is 2.73.